The number of sulfonamides is 1. The van der Waals surface area contributed by atoms with Crippen LogP contribution in [0.4, 0.5) is 0 Å². The van der Waals surface area contributed by atoms with E-state index in [2.05, 4.69) is 85.0 Å². The average Bonchev–Trinajstić information content (AvgIpc) is 2.69. The molecule has 0 amide bonds. The molecule has 34 heavy (non-hydrogen) atoms. The lowest BCUT2D eigenvalue weighted by Gasteiger charge is -2.45. The van der Waals surface area contributed by atoms with Crippen LogP contribution in [0.25, 0.3) is 0 Å². The minimum absolute atomic E-state index is 0.0704. The summed E-state index contributed by atoms with van der Waals surface area (Å²) in [5.74, 6) is 2.70. The monoisotopic (exact) mass is 523 g/mol. The van der Waals surface area contributed by atoms with Crippen LogP contribution >= 0.6 is 0 Å². The summed E-state index contributed by atoms with van der Waals surface area (Å²) in [6.45, 7) is 25.4. The molecular weight excluding hydrogens is 479 g/mol. The minimum Gasteiger partial charge on any atom is -0.411 e. The first-order valence-electron chi connectivity index (χ1n) is 11.8. The lowest BCUT2D eigenvalue weighted by Crippen LogP contribution is -2.58. The van der Waals surface area contributed by atoms with Crippen LogP contribution in [0.3, 0.4) is 0 Å². The normalized spacial score (nSPS) is 16.4. The highest BCUT2D eigenvalue weighted by atomic mass is 32.2. The van der Waals surface area contributed by atoms with Gasteiger partial charge in [-0.25, -0.2) is 13.1 Å². The SMILES string of the molecule is C#CC[C@@H](O[Si](C)(C)C(C)(C)C)[C@H](NS(=O)(=O)c1ccccc1)[C@@H](C=C)O[Si](C)(C)C(C)(C)C. The summed E-state index contributed by atoms with van der Waals surface area (Å²) in [5.41, 5.74) is 0. The standard InChI is InChI=1S/C26H45NO4SSi2/c1-13-18-23(31-34(11,12)26(6,7)8)24(22(14-2)30-33(9,10)25(3,4)5)27-32(28,29)21-19-16-15-17-20-21/h1,14-17,19-20,22-24,27H,2,18H2,3-12H3/t22-,23-,24-/m1/s1. The lowest BCUT2D eigenvalue weighted by atomic mass is 10.0. The molecule has 0 heterocycles. The first-order valence-corrected chi connectivity index (χ1v) is 19.1. The summed E-state index contributed by atoms with van der Waals surface area (Å²) in [6.07, 6.45) is 6.50. The summed E-state index contributed by atoms with van der Waals surface area (Å²) in [7, 11) is -8.41. The van der Waals surface area contributed by atoms with Gasteiger partial charge in [-0.3, -0.25) is 0 Å². The van der Waals surface area contributed by atoms with Crippen LogP contribution in [0.15, 0.2) is 47.9 Å². The quantitative estimate of drug-likeness (QED) is 0.209. The zero-order valence-electron chi connectivity index (χ0n) is 22.7. The third-order valence-corrected chi connectivity index (χ3v) is 17.6. The summed E-state index contributed by atoms with van der Waals surface area (Å²) >= 11 is 0. The van der Waals surface area contributed by atoms with Crippen molar-refractivity contribution in [2.24, 2.45) is 0 Å². The van der Waals surface area contributed by atoms with Crippen LogP contribution in [0.5, 0.6) is 0 Å². The number of nitrogens with one attached hydrogen (secondary N) is 1. The molecule has 3 atom stereocenters. The van der Waals surface area contributed by atoms with Crippen molar-refractivity contribution in [3.05, 3.63) is 43.0 Å². The third kappa shape index (κ3) is 7.90. The molecule has 0 saturated carbocycles. The second-order valence-corrected chi connectivity index (χ2v) is 23.1. The zero-order valence-corrected chi connectivity index (χ0v) is 25.5. The molecule has 0 aromatic heterocycles. The summed E-state index contributed by atoms with van der Waals surface area (Å²) in [4.78, 5) is 0.182. The van der Waals surface area contributed by atoms with Crippen molar-refractivity contribution in [3.8, 4) is 12.3 Å². The van der Waals surface area contributed by atoms with E-state index in [1.807, 2.05) is 0 Å². The van der Waals surface area contributed by atoms with Crippen molar-refractivity contribution >= 4 is 26.7 Å². The van der Waals surface area contributed by atoms with E-state index >= 15 is 0 Å². The van der Waals surface area contributed by atoms with Crippen molar-refractivity contribution in [1.29, 1.82) is 0 Å². The number of hydrogen-bond acceptors (Lipinski definition) is 4. The molecule has 1 N–H and O–H groups in total. The van der Waals surface area contributed by atoms with Gasteiger partial charge in [-0.2, -0.15) is 0 Å². The van der Waals surface area contributed by atoms with E-state index in [4.69, 9.17) is 15.3 Å². The highest BCUT2D eigenvalue weighted by molar-refractivity contribution is 7.89. The largest absolute Gasteiger partial charge is 0.411 e. The van der Waals surface area contributed by atoms with Crippen molar-refractivity contribution in [2.75, 3.05) is 0 Å². The maximum absolute atomic E-state index is 13.4. The fourth-order valence-electron chi connectivity index (χ4n) is 2.90. The molecule has 8 heteroatoms. The molecule has 1 rings (SSSR count). The fourth-order valence-corrected chi connectivity index (χ4v) is 6.81. The van der Waals surface area contributed by atoms with Gasteiger partial charge in [0.05, 0.1) is 23.1 Å². The summed E-state index contributed by atoms with van der Waals surface area (Å²) in [5, 5.41) is -0.147. The van der Waals surface area contributed by atoms with E-state index in [1.54, 1.807) is 36.4 Å². The van der Waals surface area contributed by atoms with E-state index in [9.17, 15) is 8.42 Å². The van der Waals surface area contributed by atoms with E-state index in [-0.39, 0.29) is 21.4 Å². The Bertz CT molecular complexity index is 955. The summed E-state index contributed by atoms with van der Waals surface area (Å²) < 4.78 is 43.1. The zero-order chi connectivity index (χ0) is 26.6. The van der Waals surface area contributed by atoms with Gasteiger partial charge in [-0.1, -0.05) is 65.8 Å². The van der Waals surface area contributed by atoms with E-state index < -0.39 is 44.9 Å². The Labute approximate surface area is 211 Å². The van der Waals surface area contributed by atoms with Crippen LogP contribution in [0, 0.1) is 12.3 Å². The Morgan fingerprint density at radius 1 is 1.00 bits per heavy atom. The van der Waals surface area contributed by atoms with Crippen molar-refractivity contribution in [2.45, 2.75) is 107 Å². The van der Waals surface area contributed by atoms with E-state index in [1.165, 1.54) is 0 Å². The predicted octanol–water partition coefficient (Wildman–Crippen LogP) is 6.32. The van der Waals surface area contributed by atoms with Crippen molar-refractivity contribution < 1.29 is 17.3 Å². The molecule has 0 aliphatic rings. The molecule has 192 valence electrons. The Morgan fingerprint density at radius 3 is 1.88 bits per heavy atom. The second-order valence-electron chi connectivity index (χ2n) is 11.9. The molecular formula is C26H45NO4SSi2. The van der Waals surface area contributed by atoms with Crippen molar-refractivity contribution in [1.82, 2.24) is 4.72 Å². The minimum atomic E-state index is -3.86. The first-order chi connectivity index (χ1) is 15.3. The van der Waals surface area contributed by atoms with Crippen LogP contribution in [-0.4, -0.2) is 43.3 Å². The molecule has 0 aliphatic carbocycles. The van der Waals surface area contributed by atoms with Gasteiger partial charge in [-0.15, -0.1) is 18.9 Å². The Kier molecular flexibility index (Phi) is 10.2. The molecule has 0 saturated heterocycles. The first kappa shape index (κ1) is 30.8. The van der Waals surface area contributed by atoms with E-state index in [0.29, 0.717) is 0 Å². The Morgan fingerprint density at radius 2 is 1.47 bits per heavy atom. The van der Waals surface area contributed by atoms with E-state index in [0.717, 1.165) is 0 Å². The third-order valence-electron chi connectivity index (χ3n) is 7.14. The van der Waals surface area contributed by atoms with Gasteiger partial charge in [-0.05, 0) is 48.4 Å². The van der Waals surface area contributed by atoms with Gasteiger partial charge >= 0.3 is 0 Å². The molecule has 1 aromatic carbocycles. The summed E-state index contributed by atoms with van der Waals surface area (Å²) in [6, 6.07) is 7.59. The van der Waals surface area contributed by atoms with Crippen LogP contribution in [-0.2, 0) is 18.9 Å². The smallest absolute Gasteiger partial charge is 0.241 e. The molecule has 0 unspecified atom stereocenters. The molecule has 0 fully saturated rings. The molecule has 1 aromatic rings. The predicted molar refractivity (Wildman–Crippen MR) is 148 cm³/mol. The Balaban J connectivity index is 3.58. The van der Waals surface area contributed by atoms with Crippen LogP contribution < -0.4 is 4.72 Å². The Hall–Kier alpha value is -1.22. The average molecular weight is 524 g/mol. The van der Waals surface area contributed by atoms with Gasteiger partial charge in [0.25, 0.3) is 0 Å². The highest BCUT2D eigenvalue weighted by Gasteiger charge is 2.45. The van der Waals surface area contributed by atoms with Crippen LogP contribution in [0.1, 0.15) is 48.0 Å². The second kappa shape index (κ2) is 11.2. The number of hydrogen-bond donors (Lipinski definition) is 1. The highest BCUT2D eigenvalue weighted by Crippen LogP contribution is 2.40. The molecule has 0 aliphatic heterocycles. The maximum atomic E-state index is 13.4. The number of benzene rings is 1. The lowest BCUT2D eigenvalue weighted by molar-refractivity contribution is 0.0849. The van der Waals surface area contributed by atoms with Gasteiger partial charge in [0.15, 0.2) is 16.6 Å². The van der Waals surface area contributed by atoms with Crippen molar-refractivity contribution in [3.63, 3.8) is 0 Å². The van der Waals surface area contributed by atoms with Gasteiger partial charge in [0.1, 0.15) is 0 Å². The topological polar surface area (TPSA) is 64.6 Å². The molecule has 0 bridgehead atoms. The van der Waals surface area contributed by atoms with Gasteiger partial charge in [0, 0.05) is 6.42 Å². The van der Waals surface area contributed by atoms with Gasteiger partial charge in [0.2, 0.25) is 10.0 Å². The fraction of sp³-hybridized carbons (Fsp3) is 0.615. The van der Waals surface area contributed by atoms with Gasteiger partial charge < -0.3 is 8.85 Å². The molecule has 0 spiro atoms. The molecule has 0 radical (unpaired) electrons. The number of terminal acetylenes is 1. The number of rotatable bonds is 11. The maximum Gasteiger partial charge on any atom is 0.241 e. The van der Waals surface area contributed by atoms with Crippen LogP contribution in [0.2, 0.25) is 36.3 Å². The molecule has 5 nitrogen and oxygen atoms in total.